The quantitative estimate of drug-likeness (QED) is 0.886. The summed E-state index contributed by atoms with van der Waals surface area (Å²) in [5, 5.41) is 11.8. The van der Waals surface area contributed by atoms with Crippen LogP contribution in [0.15, 0.2) is 24.3 Å². The van der Waals surface area contributed by atoms with E-state index in [-0.39, 0.29) is 24.5 Å². The van der Waals surface area contributed by atoms with Crippen molar-refractivity contribution >= 4 is 11.6 Å². The molecule has 0 aliphatic carbocycles. The molecular formula is C15H18N2O2. The lowest BCUT2D eigenvalue weighted by atomic mass is 9.86. The van der Waals surface area contributed by atoms with Crippen molar-refractivity contribution in [2.75, 3.05) is 18.5 Å². The van der Waals surface area contributed by atoms with Crippen molar-refractivity contribution in [2.45, 2.75) is 26.2 Å². The molecule has 0 spiro atoms. The zero-order valence-electron chi connectivity index (χ0n) is 11.5. The van der Waals surface area contributed by atoms with Gasteiger partial charge in [0.25, 0.3) is 0 Å². The number of rotatable bonds is 2. The normalized spacial score (nSPS) is 17.2. The number of benzene rings is 1. The van der Waals surface area contributed by atoms with Crippen LogP contribution in [0.25, 0.3) is 0 Å². The summed E-state index contributed by atoms with van der Waals surface area (Å²) in [6, 6.07) is 9.75. The first kappa shape index (κ1) is 13.6. The van der Waals surface area contributed by atoms with Crippen LogP contribution < -0.4 is 5.32 Å². The van der Waals surface area contributed by atoms with Crippen molar-refractivity contribution in [3.05, 3.63) is 29.8 Å². The molecule has 100 valence electrons. The first-order valence-electron chi connectivity index (χ1n) is 6.28. The Morgan fingerprint density at radius 2 is 1.89 bits per heavy atom. The number of nitriles is 1. The fourth-order valence-corrected chi connectivity index (χ4v) is 1.86. The summed E-state index contributed by atoms with van der Waals surface area (Å²) in [7, 11) is 0. The monoisotopic (exact) mass is 258 g/mol. The highest BCUT2D eigenvalue weighted by Gasteiger charge is 2.46. The average molecular weight is 258 g/mol. The van der Waals surface area contributed by atoms with Gasteiger partial charge in [-0.3, -0.25) is 4.79 Å². The van der Waals surface area contributed by atoms with Crippen LogP contribution in [0.3, 0.4) is 0 Å². The standard InChI is InChI=1S/C15H18N2O2/c1-14(2,3)11-4-6-12(7-5-11)17-13(18)15(8-16)9-19-10-15/h4-7H,9-10H2,1-3H3,(H,17,18). The summed E-state index contributed by atoms with van der Waals surface area (Å²) in [6.45, 7) is 6.76. The van der Waals surface area contributed by atoms with E-state index in [4.69, 9.17) is 10.00 Å². The molecule has 1 aromatic rings. The lowest BCUT2D eigenvalue weighted by Crippen LogP contribution is -2.50. The van der Waals surface area contributed by atoms with Crippen LogP contribution in [0.2, 0.25) is 0 Å². The van der Waals surface area contributed by atoms with Gasteiger partial charge in [-0.15, -0.1) is 0 Å². The van der Waals surface area contributed by atoms with Crippen LogP contribution in [0.5, 0.6) is 0 Å². The Kier molecular flexibility index (Phi) is 3.34. The Morgan fingerprint density at radius 3 is 2.26 bits per heavy atom. The molecule has 1 saturated heterocycles. The fourth-order valence-electron chi connectivity index (χ4n) is 1.86. The molecule has 1 aliphatic heterocycles. The van der Waals surface area contributed by atoms with Crippen LogP contribution in [0, 0.1) is 16.7 Å². The summed E-state index contributed by atoms with van der Waals surface area (Å²) < 4.78 is 4.97. The lowest BCUT2D eigenvalue weighted by Gasteiger charge is -2.33. The third-order valence-corrected chi connectivity index (χ3v) is 3.35. The van der Waals surface area contributed by atoms with Gasteiger partial charge in [-0.1, -0.05) is 32.9 Å². The number of nitrogens with one attached hydrogen (secondary N) is 1. The summed E-state index contributed by atoms with van der Waals surface area (Å²) in [5.41, 5.74) is 0.980. The molecule has 1 heterocycles. The molecule has 1 N–H and O–H groups in total. The molecule has 1 aliphatic rings. The fraction of sp³-hybridized carbons (Fsp3) is 0.467. The zero-order chi connectivity index (χ0) is 14.1. The van der Waals surface area contributed by atoms with Gasteiger partial charge in [-0.2, -0.15) is 5.26 Å². The van der Waals surface area contributed by atoms with Crippen molar-refractivity contribution < 1.29 is 9.53 Å². The molecule has 0 saturated carbocycles. The number of ether oxygens (including phenoxy) is 1. The summed E-state index contributed by atoms with van der Waals surface area (Å²) >= 11 is 0. The number of carbonyl (C=O) groups excluding carboxylic acids is 1. The van der Waals surface area contributed by atoms with Crippen molar-refractivity contribution in [1.29, 1.82) is 5.26 Å². The summed E-state index contributed by atoms with van der Waals surface area (Å²) in [5.74, 6) is -0.287. The Morgan fingerprint density at radius 1 is 1.32 bits per heavy atom. The third kappa shape index (κ3) is 2.61. The van der Waals surface area contributed by atoms with Gasteiger partial charge >= 0.3 is 0 Å². The van der Waals surface area contributed by atoms with Crippen LogP contribution >= 0.6 is 0 Å². The van der Waals surface area contributed by atoms with Gasteiger partial charge in [0.15, 0.2) is 5.41 Å². The van der Waals surface area contributed by atoms with E-state index in [0.717, 1.165) is 0 Å². The van der Waals surface area contributed by atoms with Gasteiger partial charge < -0.3 is 10.1 Å². The Balaban J connectivity index is 2.08. The highest BCUT2D eigenvalue weighted by molar-refractivity contribution is 5.98. The zero-order valence-corrected chi connectivity index (χ0v) is 11.5. The minimum absolute atomic E-state index is 0.0816. The molecule has 4 heteroatoms. The van der Waals surface area contributed by atoms with E-state index in [9.17, 15) is 4.79 Å². The molecule has 1 amide bonds. The summed E-state index contributed by atoms with van der Waals surface area (Å²) in [6.07, 6.45) is 0. The largest absolute Gasteiger partial charge is 0.377 e. The smallest absolute Gasteiger partial charge is 0.249 e. The molecule has 4 nitrogen and oxygen atoms in total. The van der Waals surface area contributed by atoms with Gasteiger partial charge in [-0.25, -0.2) is 0 Å². The van der Waals surface area contributed by atoms with Crippen molar-refractivity contribution in [3.63, 3.8) is 0 Å². The van der Waals surface area contributed by atoms with Crippen LogP contribution in [0.4, 0.5) is 5.69 Å². The SMILES string of the molecule is CC(C)(C)c1ccc(NC(=O)C2(C#N)COC2)cc1. The third-order valence-electron chi connectivity index (χ3n) is 3.35. The molecule has 0 aromatic heterocycles. The maximum absolute atomic E-state index is 12.0. The van der Waals surface area contributed by atoms with Crippen LogP contribution in [-0.2, 0) is 14.9 Å². The van der Waals surface area contributed by atoms with Gasteiger partial charge in [-0.05, 0) is 23.1 Å². The second kappa shape index (κ2) is 4.67. The average Bonchev–Trinajstić information content (AvgIpc) is 2.27. The molecule has 2 rings (SSSR count). The van der Waals surface area contributed by atoms with Gasteiger partial charge in [0.05, 0.1) is 19.3 Å². The number of carbonyl (C=O) groups is 1. The summed E-state index contributed by atoms with van der Waals surface area (Å²) in [4.78, 5) is 12.0. The van der Waals surface area contributed by atoms with E-state index in [1.807, 2.05) is 30.3 Å². The van der Waals surface area contributed by atoms with Crippen molar-refractivity contribution in [1.82, 2.24) is 0 Å². The van der Waals surface area contributed by atoms with E-state index in [1.165, 1.54) is 5.56 Å². The topological polar surface area (TPSA) is 62.1 Å². The van der Waals surface area contributed by atoms with Crippen LogP contribution in [0.1, 0.15) is 26.3 Å². The Hall–Kier alpha value is -1.86. The number of hydrogen-bond donors (Lipinski definition) is 1. The second-order valence-corrected chi connectivity index (χ2v) is 5.97. The lowest BCUT2D eigenvalue weighted by molar-refractivity contribution is -0.144. The van der Waals surface area contributed by atoms with E-state index < -0.39 is 5.41 Å². The Bertz CT molecular complexity index is 517. The molecule has 0 atom stereocenters. The number of hydrogen-bond acceptors (Lipinski definition) is 3. The molecule has 0 unspecified atom stereocenters. The number of amides is 1. The van der Waals surface area contributed by atoms with E-state index in [1.54, 1.807) is 0 Å². The molecule has 19 heavy (non-hydrogen) atoms. The first-order valence-corrected chi connectivity index (χ1v) is 6.28. The van der Waals surface area contributed by atoms with Gasteiger partial charge in [0.2, 0.25) is 5.91 Å². The second-order valence-electron chi connectivity index (χ2n) is 5.97. The number of anilines is 1. The number of nitrogens with zero attached hydrogens (tertiary/aromatic N) is 1. The molecular weight excluding hydrogens is 240 g/mol. The predicted molar refractivity (Wildman–Crippen MR) is 72.6 cm³/mol. The minimum atomic E-state index is -1.01. The van der Waals surface area contributed by atoms with Gasteiger partial charge in [0.1, 0.15) is 0 Å². The maximum atomic E-state index is 12.0. The van der Waals surface area contributed by atoms with E-state index in [2.05, 4.69) is 26.1 Å². The molecule has 1 fully saturated rings. The van der Waals surface area contributed by atoms with E-state index in [0.29, 0.717) is 5.69 Å². The maximum Gasteiger partial charge on any atom is 0.249 e. The van der Waals surface area contributed by atoms with Crippen molar-refractivity contribution in [3.8, 4) is 6.07 Å². The Labute approximate surface area is 113 Å². The first-order chi connectivity index (χ1) is 8.87. The minimum Gasteiger partial charge on any atom is -0.377 e. The molecule has 1 aromatic carbocycles. The van der Waals surface area contributed by atoms with Crippen molar-refractivity contribution in [2.24, 2.45) is 5.41 Å². The highest BCUT2D eigenvalue weighted by Crippen LogP contribution is 2.29. The van der Waals surface area contributed by atoms with E-state index >= 15 is 0 Å². The predicted octanol–water partition coefficient (Wildman–Crippen LogP) is 2.46. The van der Waals surface area contributed by atoms with Crippen LogP contribution in [-0.4, -0.2) is 19.1 Å². The molecule has 0 radical (unpaired) electrons. The molecule has 0 bridgehead atoms. The highest BCUT2D eigenvalue weighted by atomic mass is 16.5. The van der Waals surface area contributed by atoms with Gasteiger partial charge in [0, 0.05) is 5.69 Å².